The van der Waals surface area contributed by atoms with Crippen LogP contribution in [0.15, 0.2) is 71.8 Å². The quantitative estimate of drug-likeness (QED) is 0.513. The third kappa shape index (κ3) is 5.45. The van der Waals surface area contributed by atoms with Gasteiger partial charge in [0.25, 0.3) is 0 Å². The second-order valence-electron chi connectivity index (χ2n) is 6.81. The minimum Gasteiger partial charge on any atom is -0.489 e. The first-order valence-corrected chi connectivity index (χ1v) is 11.3. The molecule has 3 rings (SSSR count). The summed E-state index contributed by atoms with van der Waals surface area (Å²) in [6.07, 6.45) is 3.67. The highest BCUT2D eigenvalue weighted by molar-refractivity contribution is 7.90. The first-order valence-electron chi connectivity index (χ1n) is 9.40. The monoisotopic (exact) mass is 425 g/mol. The van der Waals surface area contributed by atoms with Gasteiger partial charge in [0.15, 0.2) is 9.84 Å². The lowest BCUT2D eigenvalue weighted by Gasteiger charge is -2.14. The Morgan fingerprint density at radius 3 is 2.47 bits per heavy atom. The number of esters is 1. The Balaban J connectivity index is 1.87. The predicted molar refractivity (Wildman–Crippen MR) is 113 cm³/mol. The molecule has 0 aliphatic rings. The van der Waals surface area contributed by atoms with E-state index in [4.69, 9.17) is 9.47 Å². The number of aryl methyl sites for hydroxylation is 2. The number of carbonyl (C=O) groups is 1. The minimum absolute atomic E-state index is 0.221. The van der Waals surface area contributed by atoms with Gasteiger partial charge in [0, 0.05) is 12.5 Å². The molecule has 0 amide bonds. The van der Waals surface area contributed by atoms with Gasteiger partial charge < -0.3 is 9.47 Å². The van der Waals surface area contributed by atoms with Crippen molar-refractivity contribution in [2.45, 2.75) is 24.3 Å². The molecule has 0 fully saturated rings. The van der Waals surface area contributed by atoms with Crippen LogP contribution in [0.2, 0.25) is 0 Å². The molecule has 0 spiro atoms. The molecule has 2 aromatic carbocycles. The average Bonchev–Trinajstić information content (AvgIpc) is 2.76. The highest BCUT2D eigenvalue weighted by Crippen LogP contribution is 2.26. The van der Waals surface area contributed by atoms with Crippen LogP contribution in [0.25, 0.3) is 0 Å². The number of carbonyl (C=O) groups excluding carboxylic acids is 1. The van der Waals surface area contributed by atoms with Crippen LogP contribution in [-0.2, 0) is 34.0 Å². The second kappa shape index (κ2) is 9.54. The van der Waals surface area contributed by atoms with Gasteiger partial charge in [-0.15, -0.1) is 0 Å². The molecule has 1 heterocycles. The Hall–Kier alpha value is -3.19. The molecule has 6 nitrogen and oxygen atoms in total. The fourth-order valence-electron chi connectivity index (χ4n) is 3.04. The zero-order chi connectivity index (χ0) is 21.6. The molecular formula is C23H23NO5S. The SMILES string of the molecule is COC(=O)c1cccnc1CCc1cc(S(C)(=O)=O)ccc1OCc1ccccc1. The molecule has 0 aliphatic carbocycles. The van der Waals surface area contributed by atoms with Gasteiger partial charge in [-0.3, -0.25) is 4.98 Å². The Labute approximate surface area is 176 Å². The fraction of sp³-hybridized carbons (Fsp3) is 0.217. The number of methoxy groups -OCH3 is 1. The van der Waals surface area contributed by atoms with Gasteiger partial charge in [-0.1, -0.05) is 30.3 Å². The molecule has 0 saturated heterocycles. The molecule has 0 radical (unpaired) electrons. The van der Waals surface area contributed by atoms with Crippen LogP contribution < -0.4 is 4.74 Å². The Bertz CT molecular complexity index is 1130. The maximum absolute atomic E-state index is 12.0. The number of hydrogen-bond acceptors (Lipinski definition) is 6. The van der Waals surface area contributed by atoms with E-state index in [1.165, 1.54) is 13.4 Å². The number of ether oxygens (including phenoxy) is 2. The van der Waals surface area contributed by atoms with E-state index in [1.54, 1.807) is 36.5 Å². The van der Waals surface area contributed by atoms with Gasteiger partial charge in [0.05, 0.1) is 23.3 Å². The normalized spacial score (nSPS) is 11.1. The maximum atomic E-state index is 12.0. The van der Waals surface area contributed by atoms with Gasteiger partial charge in [-0.25, -0.2) is 13.2 Å². The van der Waals surface area contributed by atoms with Crippen molar-refractivity contribution in [1.29, 1.82) is 0 Å². The fourth-order valence-corrected chi connectivity index (χ4v) is 3.72. The lowest BCUT2D eigenvalue weighted by Crippen LogP contribution is -2.09. The van der Waals surface area contributed by atoms with E-state index in [2.05, 4.69) is 4.98 Å². The Kier molecular flexibility index (Phi) is 6.84. The smallest absolute Gasteiger partial charge is 0.339 e. The van der Waals surface area contributed by atoms with Crippen molar-refractivity contribution in [3.63, 3.8) is 0 Å². The average molecular weight is 426 g/mol. The predicted octanol–water partition coefficient (Wildman–Crippen LogP) is 3.64. The number of aromatic nitrogens is 1. The molecule has 0 aliphatic heterocycles. The molecule has 156 valence electrons. The number of rotatable bonds is 8. The Morgan fingerprint density at radius 1 is 1.00 bits per heavy atom. The van der Waals surface area contributed by atoms with Crippen LogP contribution >= 0.6 is 0 Å². The highest BCUT2D eigenvalue weighted by atomic mass is 32.2. The van der Waals surface area contributed by atoms with E-state index < -0.39 is 15.8 Å². The summed E-state index contributed by atoms with van der Waals surface area (Å²) in [5.74, 6) is 0.144. The minimum atomic E-state index is -3.36. The molecule has 1 aromatic heterocycles. The van der Waals surface area contributed by atoms with Gasteiger partial charge in [-0.05, 0) is 54.3 Å². The third-order valence-corrected chi connectivity index (χ3v) is 5.73. The Morgan fingerprint density at radius 2 is 1.77 bits per heavy atom. The van der Waals surface area contributed by atoms with Crippen molar-refractivity contribution in [2.24, 2.45) is 0 Å². The van der Waals surface area contributed by atoms with Crippen molar-refractivity contribution < 1.29 is 22.7 Å². The second-order valence-corrected chi connectivity index (χ2v) is 8.82. The van der Waals surface area contributed by atoms with Crippen molar-refractivity contribution in [1.82, 2.24) is 4.98 Å². The number of nitrogens with zero attached hydrogens (tertiary/aromatic N) is 1. The van der Waals surface area contributed by atoms with Crippen LogP contribution in [0.3, 0.4) is 0 Å². The van der Waals surface area contributed by atoms with Crippen LogP contribution in [0.5, 0.6) is 5.75 Å². The van der Waals surface area contributed by atoms with Gasteiger partial charge in [0.2, 0.25) is 0 Å². The van der Waals surface area contributed by atoms with Crippen LogP contribution in [0.1, 0.15) is 27.2 Å². The summed E-state index contributed by atoms with van der Waals surface area (Å²) in [5.41, 5.74) is 2.72. The number of benzene rings is 2. The van der Waals surface area contributed by atoms with E-state index in [0.717, 1.165) is 11.1 Å². The molecular weight excluding hydrogens is 402 g/mol. The van der Waals surface area contributed by atoms with E-state index in [9.17, 15) is 13.2 Å². The van der Waals surface area contributed by atoms with Crippen molar-refractivity contribution in [2.75, 3.05) is 13.4 Å². The maximum Gasteiger partial charge on any atom is 0.339 e. The van der Waals surface area contributed by atoms with E-state index in [0.29, 0.717) is 36.5 Å². The molecule has 3 aromatic rings. The molecule has 0 N–H and O–H groups in total. The summed E-state index contributed by atoms with van der Waals surface area (Å²) in [5, 5.41) is 0. The van der Waals surface area contributed by atoms with Crippen molar-refractivity contribution in [3.05, 3.63) is 89.2 Å². The molecule has 0 bridgehead atoms. The molecule has 30 heavy (non-hydrogen) atoms. The summed E-state index contributed by atoms with van der Waals surface area (Å²) in [6, 6.07) is 17.9. The first-order chi connectivity index (χ1) is 14.4. The van der Waals surface area contributed by atoms with Gasteiger partial charge in [-0.2, -0.15) is 0 Å². The number of sulfone groups is 1. The van der Waals surface area contributed by atoms with Crippen LogP contribution in [-0.4, -0.2) is 32.7 Å². The van der Waals surface area contributed by atoms with Crippen LogP contribution in [0.4, 0.5) is 0 Å². The summed E-state index contributed by atoms with van der Waals surface area (Å²) in [7, 11) is -2.04. The first kappa shape index (κ1) is 21.5. The lowest BCUT2D eigenvalue weighted by molar-refractivity contribution is 0.0599. The highest BCUT2D eigenvalue weighted by Gasteiger charge is 2.16. The van der Waals surface area contributed by atoms with E-state index in [1.807, 2.05) is 30.3 Å². The zero-order valence-electron chi connectivity index (χ0n) is 16.9. The number of pyridine rings is 1. The standard InChI is InChI=1S/C23H23NO5S/c1-28-23(25)20-9-6-14-24-21(20)12-10-18-15-19(30(2,26)27)11-13-22(18)29-16-17-7-4-3-5-8-17/h3-9,11,13-15H,10,12,16H2,1-2H3. The molecule has 0 atom stereocenters. The third-order valence-electron chi connectivity index (χ3n) is 4.62. The molecule has 7 heteroatoms. The van der Waals surface area contributed by atoms with E-state index >= 15 is 0 Å². The van der Waals surface area contributed by atoms with Gasteiger partial charge >= 0.3 is 5.97 Å². The van der Waals surface area contributed by atoms with Gasteiger partial charge in [0.1, 0.15) is 12.4 Å². The summed E-state index contributed by atoms with van der Waals surface area (Å²) in [4.78, 5) is 16.5. The number of hydrogen-bond donors (Lipinski definition) is 0. The topological polar surface area (TPSA) is 82.6 Å². The van der Waals surface area contributed by atoms with Crippen molar-refractivity contribution in [3.8, 4) is 5.75 Å². The molecule has 0 saturated carbocycles. The zero-order valence-corrected chi connectivity index (χ0v) is 17.7. The largest absolute Gasteiger partial charge is 0.489 e. The lowest BCUT2D eigenvalue weighted by atomic mass is 10.0. The summed E-state index contributed by atoms with van der Waals surface area (Å²) < 4.78 is 34.8. The van der Waals surface area contributed by atoms with E-state index in [-0.39, 0.29) is 4.90 Å². The summed E-state index contributed by atoms with van der Waals surface area (Å²) in [6.45, 7) is 0.364. The van der Waals surface area contributed by atoms with Crippen LogP contribution in [0, 0.1) is 0 Å². The van der Waals surface area contributed by atoms with Crippen molar-refractivity contribution >= 4 is 15.8 Å². The molecule has 0 unspecified atom stereocenters. The summed E-state index contributed by atoms with van der Waals surface area (Å²) >= 11 is 0.